The van der Waals surface area contributed by atoms with Crippen LogP contribution >= 0.6 is 15.9 Å². The number of aromatic nitrogens is 2. The molecule has 1 fully saturated rings. The molecule has 18 heavy (non-hydrogen) atoms. The van der Waals surface area contributed by atoms with E-state index < -0.39 is 9.84 Å². The zero-order chi connectivity index (χ0) is 13.3. The van der Waals surface area contributed by atoms with E-state index in [1.165, 1.54) is 0 Å². The predicted molar refractivity (Wildman–Crippen MR) is 74.1 cm³/mol. The topological polar surface area (TPSA) is 64.0 Å². The minimum Gasteiger partial charge on any atom is -0.316 e. The molecule has 1 aliphatic rings. The van der Waals surface area contributed by atoms with Gasteiger partial charge in [-0.15, -0.1) is 0 Å². The van der Waals surface area contributed by atoms with Gasteiger partial charge < -0.3 is 5.32 Å². The second-order valence-electron chi connectivity index (χ2n) is 4.76. The van der Waals surface area contributed by atoms with E-state index in [-0.39, 0.29) is 17.4 Å². The molecule has 1 aliphatic heterocycles. The summed E-state index contributed by atoms with van der Waals surface area (Å²) in [5.41, 5.74) is 1.66. The maximum Gasteiger partial charge on any atom is 0.156 e. The number of nitrogens with one attached hydrogen (secondary N) is 1. The van der Waals surface area contributed by atoms with Gasteiger partial charge in [-0.05, 0) is 28.3 Å². The number of nitrogens with zero attached hydrogens (tertiary/aromatic N) is 2. The van der Waals surface area contributed by atoms with Gasteiger partial charge in [0.2, 0.25) is 0 Å². The van der Waals surface area contributed by atoms with Gasteiger partial charge in [-0.1, -0.05) is 6.92 Å². The van der Waals surface area contributed by atoms with Crippen LogP contribution in [0.25, 0.3) is 0 Å². The van der Waals surface area contributed by atoms with E-state index >= 15 is 0 Å². The molecule has 2 heterocycles. The van der Waals surface area contributed by atoms with Gasteiger partial charge in [0.1, 0.15) is 0 Å². The monoisotopic (exact) mass is 335 g/mol. The van der Waals surface area contributed by atoms with Crippen LogP contribution in [0.1, 0.15) is 18.3 Å². The van der Waals surface area contributed by atoms with E-state index in [0.29, 0.717) is 0 Å². The number of hydrogen-bond donors (Lipinski definition) is 1. The first-order valence-corrected chi connectivity index (χ1v) is 8.65. The van der Waals surface area contributed by atoms with Crippen molar-refractivity contribution in [2.45, 2.75) is 19.1 Å². The molecule has 2 rings (SSSR count). The zero-order valence-corrected chi connectivity index (χ0v) is 13.0. The highest BCUT2D eigenvalue weighted by molar-refractivity contribution is 9.10. The fraction of sp³-hybridized carbons (Fsp3) is 0.727. The standard InChI is InChI=1S/C11H18BrN3O2S/c1-3-9-11(12)10(15(2)14-9)7-18(16,17)6-8-4-13-5-8/h8,13H,3-7H2,1-2H3. The van der Waals surface area contributed by atoms with Crippen molar-refractivity contribution in [3.63, 3.8) is 0 Å². The van der Waals surface area contributed by atoms with Crippen LogP contribution in [-0.4, -0.2) is 37.0 Å². The van der Waals surface area contributed by atoms with Crippen LogP contribution in [0.5, 0.6) is 0 Å². The third-order valence-corrected chi connectivity index (χ3v) is 5.82. The molecule has 0 radical (unpaired) electrons. The van der Waals surface area contributed by atoms with Gasteiger partial charge in [-0.3, -0.25) is 4.68 Å². The van der Waals surface area contributed by atoms with Gasteiger partial charge in [-0.2, -0.15) is 5.10 Å². The van der Waals surface area contributed by atoms with Crippen LogP contribution in [0, 0.1) is 5.92 Å². The molecule has 1 aromatic rings. The van der Waals surface area contributed by atoms with E-state index in [9.17, 15) is 8.42 Å². The Kier molecular flexibility index (Phi) is 4.13. The van der Waals surface area contributed by atoms with Gasteiger partial charge in [0.15, 0.2) is 9.84 Å². The van der Waals surface area contributed by atoms with Crippen molar-refractivity contribution in [3.8, 4) is 0 Å². The minimum absolute atomic E-state index is 0.0631. The molecular weight excluding hydrogens is 318 g/mol. The molecule has 0 amide bonds. The van der Waals surface area contributed by atoms with Crippen LogP contribution < -0.4 is 5.32 Å². The molecule has 1 saturated heterocycles. The third-order valence-electron chi connectivity index (χ3n) is 3.22. The summed E-state index contributed by atoms with van der Waals surface area (Å²) in [7, 11) is -1.27. The molecule has 7 heteroatoms. The van der Waals surface area contributed by atoms with Gasteiger partial charge in [0, 0.05) is 20.1 Å². The third kappa shape index (κ3) is 2.95. The molecule has 1 aromatic heterocycles. The van der Waals surface area contributed by atoms with Crippen molar-refractivity contribution >= 4 is 25.8 Å². The molecule has 5 nitrogen and oxygen atoms in total. The molecule has 0 saturated carbocycles. The summed E-state index contributed by atoms with van der Waals surface area (Å²) in [6.07, 6.45) is 0.793. The Morgan fingerprint density at radius 1 is 1.50 bits per heavy atom. The molecule has 0 unspecified atom stereocenters. The Morgan fingerprint density at radius 2 is 2.17 bits per heavy atom. The van der Waals surface area contributed by atoms with Crippen molar-refractivity contribution in [3.05, 3.63) is 15.9 Å². The number of aryl methyl sites for hydroxylation is 2. The molecule has 0 spiro atoms. The van der Waals surface area contributed by atoms with Crippen LogP contribution in [0.3, 0.4) is 0 Å². The number of rotatable bonds is 5. The average molecular weight is 336 g/mol. The Labute approximate surface area is 116 Å². The molecular formula is C11H18BrN3O2S. The average Bonchev–Trinajstić information content (AvgIpc) is 2.51. The van der Waals surface area contributed by atoms with Crippen molar-refractivity contribution in [1.29, 1.82) is 0 Å². The molecule has 0 bridgehead atoms. The van der Waals surface area contributed by atoms with E-state index in [4.69, 9.17) is 0 Å². The van der Waals surface area contributed by atoms with Crippen molar-refractivity contribution in [1.82, 2.24) is 15.1 Å². The lowest BCUT2D eigenvalue weighted by Crippen LogP contribution is -2.45. The highest BCUT2D eigenvalue weighted by Gasteiger charge is 2.26. The first-order chi connectivity index (χ1) is 8.43. The fourth-order valence-electron chi connectivity index (χ4n) is 2.07. The normalized spacial score (nSPS) is 16.8. The fourth-order valence-corrected chi connectivity index (χ4v) is 4.83. The van der Waals surface area contributed by atoms with Crippen molar-refractivity contribution in [2.75, 3.05) is 18.8 Å². The SMILES string of the molecule is CCc1nn(C)c(CS(=O)(=O)CC2CNC2)c1Br. The Hall–Kier alpha value is -0.400. The second kappa shape index (κ2) is 5.30. The van der Waals surface area contributed by atoms with Crippen LogP contribution in [0.15, 0.2) is 4.47 Å². The summed E-state index contributed by atoms with van der Waals surface area (Å²) < 4.78 is 26.7. The first kappa shape index (κ1) is 14.0. The highest BCUT2D eigenvalue weighted by Crippen LogP contribution is 2.24. The summed E-state index contributed by atoms with van der Waals surface area (Å²) in [6.45, 7) is 3.63. The molecule has 102 valence electrons. The van der Waals surface area contributed by atoms with E-state index in [1.54, 1.807) is 11.7 Å². The largest absolute Gasteiger partial charge is 0.316 e. The van der Waals surface area contributed by atoms with Crippen LogP contribution in [0.4, 0.5) is 0 Å². The Bertz CT molecular complexity index is 535. The maximum atomic E-state index is 12.1. The summed E-state index contributed by atoms with van der Waals surface area (Å²) in [6, 6.07) is 0. The van der Waals surface area contributed by atoms with E-state index in [1.807, 2.05) is 6.92 Å². The Morgan fingerprint density at radius 3 is 2.61 bits per heavy atom. The minimum atomic E-state index is -3.07. The lowest BCUT2D eigenvalue weighted by atomic mass is 10.1. The van der Waals surface area contributed by atoms with Crippen molar-refractivity contribution < 1.29 is 8.42 Å². The van der Waals surface area contributed by atoms with Gasteiger partial charge >= 0.3 is 0 Å². The van der Waals surface area contributed by atoms with E-state index in [0.717, 1.165) is 35.4 Å². The summed E-state index contributed by atoms with van der Waals surface area (Å²) >= 11 is 3.45. The summed E-state index contributed by atoms with van der Waals surface area (Å²) in [4.78, 5) is 0. The lowest BCUT2D eigenvalue weighted by Gasteiger charge is -2.26. The highest BCUT2D eigenvalue weighted by atomic mass is 79.9. The number of halogens is 1. The quantitative estimate of drug-likeness (QED) is 0.867. The summed E-state index contributed by atoms with van der Waals surface area (Å²) in [5, 5.41) is 7.41. The summed E-state index contributed by atoms with van der Waals surface area (Å²) in [5.74, 6) is 0.597. The van der Waals surface area contributed by atoms with Crippen LogP contribution in [0.2, 0.25) is 0 Å². The maximum absolute atomic E-state index is 12.1. The molecule has 1 N–H and O–H groups in total. The van der Waals surface area contributed by atoms with Gasteiger partial charge in [0.05, 0.1) is 27.4 Å². The van der Waals surface area contributed by atoms with Crippen LogP contribution in [-0.2, 0) is 29.1 Å². The van der Waals surface area contributed by atoms with Gasteiger partial charge in [-0.25, -0.2) is 8.42 Å². The van der Waals surface area contributed by atoms with Gasteiger partial charge in [0.25, 0.3) is 0 Å². The lowest BCUT2D eigenvalue weighted by molar-refractivity contribution is 0.378. The number of sulfone groups is 1. The predicted octanol–water partition coefficient (Wildman–Crippen LogP) is 0.879. The number of hydrogen-bond acceptors (Lipinski definition) is 4. The van der Waals surface area contributed by atoms with Crippen molar-refractivity contribution in [2.24, 2.45) is 13.0 Å². The second-order valence-corrected chi connectivity index (χ2v) is 7.67. The smallest absolute Gasteiger partial charge is 0.156 e. The van der Waals surface area contributed by atoms with E-state index in [2.05, 4.69) is 26.3 Å². The molecule has 0 atom stereocenters. The molecule has 0 aliphatic carbocycles. The molecule has 0 aromatic carbocycles. The Balaban J connectivity index is 2.15. The zero-order valence-electron chi connectivity index (χ0n) is 10.6. The first-order valence-electron chi connectivity index (χ1n) is 6.04.